The van der Waals surface area contributed by atoms with E-state index in [2.05, 4.69) is 20.6 Å². The molecule has 0 unspecified atom stereocenters. The van der Waals surface area contributed by atoms with Gasteiger partial charge in [-0.25, -0.2) is 8.42 Å². The second-order valence-electron chi connectivity index (χ2n) is 6.94. The highest BCUT2D eigenvalue weighted by Crippen LogP contribution is 2.30. The first-order valence-corrected chi connectivity index (χ1v) is 10.4. The molecule has 152 valence electrons. The third-order valence-corrected chi connectivity index (χ3v) is 6.76. The molecule has 11 heteroatoms. The molecule has 1 amide bonds. The van der Waals surface area contributed by atoms with Crippen molar-refractivity contribution in [3.05, 3.63) is 41.6 Å². The average Bonchev–Trinajstić information content (AvgIpc) is 3.36. The number of hydrogen-bond acceptors (Lipinski definition) is 7. The smallest absolute Gasteiger partial charge is 0.322 e. The molecular weight excluding hydrogens is 396 g/mol. The molecule has 1 aromatic carbocycles. The van der Waals surface area contributed by atoms with E-state index in [1.165, 1.54) is 28.6 Å². The van der Waals surface area contributed by atoms with E-state index in [1.54, 1.807) is 24.8 Å². The summed E-state index contributed by atoms with van der Waals surface area (Å²) in [5.41, 5.74) is 1.70. The molecule has 10 nitrogen and oxygen atoms in total. The van der Waals surface area contributed by atoms with Gasteiger partial charge < -0.3 is 4.42 Å². The zero-order chi connectivity index (χ0) is 20.8. The second kappa shape index (κ2) is 7.08. The Bertz CT molecular complexity index is 1140. The van der Waals surface area contributed by atoms with Crippen LogP contribution in [0.4, 0.5) is 6.01 Å². The lowest BCUT2D eigenvalue weighted by Gasteiger charge is -2.16. The highest BCUT2D eigenvalue weighted by atomic mass is 32.2. The van der Waals surface area contributed by atoms with Gasteiger partial charge >= 0.3 is 6.01 Å². The molecule has 1 fully saturated rings. The molecular formula is C18H20N6O4S. The fraction of sp³-hybridized carbons (Fsp3) is 0.333. The highest BCUT2D eigenvalue weighted by molar-refractivity contribution is 7.89. The van der Waals surface area contributed by atoms with Crippen molar-refractivity contribution >= 4 is 21.9 Å². The molecule has 0 spiro atoms. The Kier molecular flexibility index (Phi) is 4.71. The molecule has 1 aliphatic carbocycles. The predicted molar refractivity (Wildman–Crippen MR) is 104 cm³/mol. The summed E-state index contributed by atoms with van der Waals surface area (Å²) in [5, 5.41) is 14.4. The van der Waals surface area contributed by atoms with Crippen LogP contribution in [0, 0.1) is 6.92 Å². The van der Waals surface area contributed by atoms with E-state index >= 15 is 0 Å². The number of carbonyl (C=O) groups excluding carboxylic acids is 1. The Labute approximate surface area is 167 Å². The van der Waals surface area contributed by atoms with Gasteiger partial charge in [0.15, 0.2) is 0 Å². The minimum Gasteiger partial charge on any atom is -0.401 e. The lowest BCUT2D eigenvalue weighted by molar-refractivity contribution is 0.102. The molecule has 0 atom stereocenters. The zero-order valence-electron chi connectivity index (χ0n) is 16.2. The van der Waals surface area contributed by atoms with E-state index in [0.717, 1.165) is 18.5 Å². The van der Waals surface area contributed by atoms with Crippen LogP contribution in [0.1, 0.15) is 28.9 Å². The zero-order valence-corrected chi connectivity index (χ0v) is 17.0. The summed E-state index contributed by atoms with van der Waals surface area (Å²) in [6.07, 6.45) is 1.75. The number of amides is 1. The average molecular weight is 416 g/mol. The number of carbonyl (C=O) groups is 1. The quantitative estimate of drug-likeness (QED) is 0.650. The molecule has 0 saturated heterocycles. The summed E-state index contributed by atoms with van der Waals surface area (Å²) in [6, 6.07) is 7.51. The van der Waals surface area contributed by atoms with Crippen molar-refractivity contribution in [3.63, 3.8) is 0 Å². The summed E-state index contributed by atoms with van der Waals surface area (Å²) in [5.74, 6) is -0.301. The van der Waals surface area contributed by atoms with Gasteiger partial charge in [-0.3, -0.25) is 14.8 Å². The van der Waals surface area contributed by atoms with Crippen molar-refractivity contribution in [2.75, 3.05) is 12.4 Å². The number of nitrogens with one attached hydrogen (secondary N) is 1. The topological polar surface area (TPSA) is 123 Å². The number of benzene rings is 1. The molecule has 0 radical (unpaired) electrons. The van der Waals surface area contributed by atoms with Crippen LogP contribution in [0.5, 0.6) is 0 Å². The molecule has 0 bridgehead atoms. The SMILES string of the molecule is Cc1cc(-c2nnc(NC(=O)c3ccc(S(=O)(=O)N(C)C4CC4)cc3)o2)nn1C. The maximum Gasteiger partial charge on any atom is 0.322 e. The van der Waals surface area contributed by atoms with Gasteiger partial charge in [-0.2, -0.15) is 9.40 Å². The summed E-state index contributed by atoms with van der Waals surface area (Å²) in [7, 11) is -0.185. The van der Waals surface area contributed by atoms with Gasteiger partial charge in [0.2, 0.25) is 10.0 Å². The van der Waals surface area contributed by atoms with Crippen molar-refractivity contribution in [1.29, 1.82) is 0 Å². The van der Waals surface area contributed by atoms with Crippen molar-refractivity contribution in [2.45, 2.75) is 30.7 Å². The van der Waals surface area contributed by atoms with Gasteiger partial charge in [0.1, 0.15) is 5.69 Å². The number of hydrogen-bond donors (Lipinski definition) is 1. The molecule has 1 saturated carbocycles. The molecule has 4 rings (SSSR count). The minimum atomic E-state index is -3.55. The van der Waals surface area contributed by atoms with Crippen molar-refractivity contribution < 1.29 is 17.6 Å². The van der Waals surface area contributed by atoms with Gasteiger partial charge in [0.25, 0.3) is 11.8 Å². The largest absolute Gasteiger partial charge is 0.401 e. The van der Waals surface area contributed by atoms with Gasteiger partial charge in [0, 0.05) is 31.4 Å². The molecule has 2 aromatic heterocycles. The lowest BCUT2D eigenvalue weighted by atomic mass is 10.2. The Morgan fingerprint density at radius 2 is 1.93 bits per heavy atom. The standard InChI is InChI=1S/C18H20N6O4S/c1-11-10-15(22-23(11)2)17-20-21-18(28-17)19-16(25)12-4-8-14(9-5-12)29(26,27)24(3)13-6-7-13/h4-5,8-10,13H,6-7H2,1-3H3,(H,19,21,25). The van der Waals surface area contributed by atoms with E-state index in [-0.39, 0.29) is 28.4 Å². The van der Waals surface area contributed by atoms with E-state index in [9.17, 15) is 13.2 Å². The molecule has 2 heterocycles. The summed E-state index contributed by atoms with van der Waals surface area (Å²) >= 11 is 0. The monoisotopic (exact) mass is 416 g/mol. The Morgan fingerprint density at radius 3 is 2.52 bits per heavy atom. The van der Waals surface area contributed by atoms with Crippen LogP contribution in [0.25, 0.3) is 11.6 Å². The van der Waals surface area contributed by atoms with E-state index in [0.29, 0.717) is 5.69 Å². The Balaban J connectivity index is 1.46. The Hall–Kier alpha value is -3.05. The first kappa shape index (κ1) is 19.3. The van der Waals surface area contributed by atoms with E-state index in [1.807, 2.05) is 6.92 Å². The molecule has 0 aliphatic heterocycles. The number of aromatic nitrogens is 4. The predicted octanol–water partition coefficient (Wildman–Crippen LogP) is 1.81. The maximum atomic E-state index is 12.5. The van der Waals surface area contributed by atoms with Crippen LogP contribution in [0.2, 0.25) is 0 Å². The maximum absolute atomic E-state index is 12.5. The van der Waals surface area contributed by atoms with Gasteiger partial charge in [-0.1, -0.05) is 5.10 Å². The molecule has 3 aromatic rings. The van der Waals surface area contributed by atoms with Crippen LogP contribution >= 0.6 is 0 Å². The Morgan fingerprint density at radius 1 is 1.24 bits per heavy atom. The van der Waals surface area contributed by atoms with Gasteiger partial charge in [0.05, 0.1) is 4.90 Å². The number of nitrogens with zero attached hydrogens (tertiary/aromatic N) is 5. The van der Waals surface area contributed by atoms with Crippen LogP contribution in [0.15, 0.2) is 39.6 Å². The third-order valence-electron chi connectivity index (χ3n) is 4.83. The van der Waals surface area contributed by atoms with Crippen LogP contribution in [0.3, 0.4) is 0 Å². The van der Waals surface area contributed by atoms with Crippen molar-refractivity contribution in [2.24, 2.45) is 7.05 Å². The van der Waals surface area contributed by atoms with Crippen LogP contribution in [-0.2, 0) is 17.1 Å². The van der Waals surface area contributed by atoms with Crippen LogP contribution < -0.4 is 5.32 Å². The van der Waals surface area contributed by atoms with E-state index in [4.69, 9.17) is 4.42 Å². The number of anilines is 1. The number of sulfonamides is 1. The van der Waals surface area contributed by atoms with Gasteiger partial charge in [-0.15, -0.1) is 5.10 Å². The molecule has 1 N–H and O–H groups in total. The third kappa shape index (κ3) is 3.78. The summed E-state index contributed by atoms with van der Waals surface area (Å²) < 4.78 is 33.6. The fourth-order valence-corrected chi connectivity index (χ4v) is 4.21. The van der Waals surface area contributed by atoms with Crippen molar-refractivity contribution in [1.82, 2.24) is 24.3 Å². The van der Waals surface area contributed by atoms with Crippen LogP contribution in [-0.4, -0.2) is 51.7 Å². The summed E-state index contributed by atoms with van der Waals surface area (Å²) in [6.45, 7) is 1.89. The highest BCUT2D eigenvalue weighted by Gasteiger charge is 2.35. The first-order chi connectivity index (χ1) is 13.8. The number of aryl methyl sites for hydroxylation is 2. The second-order valence-corrected chi connectivity index (χ2v) is 8.94. The molecule has 29 heavy (non-hydrogen) atoms. The van der Waals surface area contributed by atoms with Gasteiger partial charge in [-0.05, 0) is 50.1 Å². The minimum absolute atomic E-state index is 0.0672. The molecule has 1 aliphatic rings. The normalized spacial score (nSPS) is 14.3. The van der Waals surface area contributed by atoms with E-state index < -0.39 is 15.9 Å². The number of rotatable bonds is 6. The lowest BCUT2D eigenvalue weighted by Crippen LogP contribution is -2.29. The summed E-state index contributed by atoms with van der Waals surface area (Å²) in [4.78, 5) is 12.6. The van der Waals surface area contributed by atoms with Crippen molar-refractivity contribution in [3.8, 4) is 11.6 Å². The first-order valence-electron chi connectivity index (χ1n) is 8.99. The fourth-order valence-electron chi connectivity index (χ4n) is 2.79.